The van der Waals surface area contributed by atoms with Crippen LogP contribution in [0.1, 0.15) is 66.2 Å². The highest BCUT2D eigenvalue weighted by Gasteiger charge is 2.37. The van der Waals surface area contributed by atoms with Crippen molar-refractivity contribution >= 4 is 0 Å². The molecular formula is C14H29N. The van der Waals surface area contributed by atoms with Gasteiger partial charge in [-0.3, -0.25) is 0 Å². The summed E-state index contributed by atoms with van der Waals surface area (Å²) in [6, 6.07) is 0.643. The molecule has 1 aliphatic carbocycles. The molecule has 1 atom stereocenters. The fourth-order valence-corrected chi connectivity index (χ4v) is 2.88. The first-order chi connectivity index (χ1) is 7.08. The van der Waals surface area contributed by atoms with Gasteiger partial charge in [-0.05, 0) is 30.6 Å². The quantitative estimate of drug-likeness (QED) is 0.671. The summed E-state index contributed by atoms with van der Waals surface area (Å²) in [6.45, 7) is 10.5. The molecule has 1 heteroatoms. The predicted molar refractivity (Wildman–Crippen MR) is 68.1 cm³/mol. The zero-order valence-corrected chi connectivity index (χ0v) is 11.1. The molecule has 1 rings (SSSR count). The second-order valence-electron chi connectivity index (χ2n) is 5.99. The first-order valence-electron chi connectivity index (χ1n) is 6.81. The van der Waals surface area contributed by atoms with E-state index in [1.165, 1.54) is 45.1 Å². The van der Waals surface area contributed by atoms with Gasteiger partial charge in [-0.1, -0.05) is 47.0 Å². The third-order valence-corrected chi connectivity index (χ3v) is 3.86. The van der Waals surface area contributed by atoms with Crippen LogP contribution in [0.4, 0.5) is 0 Å². The fourth-order valence-electron chi connectivity index (χ4n) is 2.88. The highest BCUT2D eigenvalue weighted by Crippen LogP contribution is 2.46. The minimum Gasteiger partial charge on any atom is -0.314 e. The van der Waals surface area contributed by atoms with Crippen molar-refractivity contribution < 1.29 is 0 Å². The first-order valence-corrected chi connectivity index (χ1v) is 6.81. The standard InChI is InChI=1S/C14H29N/c1-5-7-13(4)10-14(8-6-9-14)11-15-12(2)3/h12-13,15H,5-11H2,1-4H3. The van der Waals surface area contributed by atoms with E-state index >= 15 is 0 Å². The van der Waals surface area contributed by atoms with Crippen molar-refractivity contribution in [2.75, 3.05) is 6.54 Å². The molecule has 0 bridgehead atoms. The van der Waals surface area contributed by atoms with Gasteiger partial charge in [0.25, 0.3) is 0 Å². The first kappa shape index (κ1) is 13.0. The van der Waals surface area contributed by atoms with Gasteiger partial charge < -0.3 is 5.32 Å². The normalized spacial score (nSPS) is 21.4. The molecule has 1 saturated carbocycles. The van der Waals surface area contributed by atoms with Gasteiger partial charge in [-0.15, -0.1) is 0 Å². The van der Waals surface area contributed by atoms with E-state index in [-0.39, 0.29) is 0 Å². The van der Waals surface area contributed by atoms with E-state index in [0.717, 1.165) is 5.92 Å². The van der Waals surface area contributed by atoms with Gasteiger partial charge in [-0.25, -0.2) is 0 Å². The Kier molecular flexibility index (Phi) is 5.11. The molecule has 1 aliphatic rings. The average molecular weight is 211 g/mol. The van der Waals surface area contributed by atoms with E-state index in [2.05, 4.69) is 33.0 Å². The number of hydrogen-bond donors (Lipinski definition) is 1. The molecule has 1 nitrogen and oxygen atoms in total. The zero-order valence-electron chi connectivity index (χ0n) is 11.1. The van der Waals surface area contributed by atoms with E-state index in [4.69, 9.17) is 0 Å². The van der Waals surface area contributed by atoms with Crippen LogP contribution in [0.25, 0.3) is 0 Å². The minimum absolute atomic E-state index is 0.643. The lowest BCUT2D eigenvalue weighted by molar-refractivity contribution is 0.0899. The fraction of sp³-hybridized carbons (Fsp3) is 1.00. The van der Waals surface area contributed by atoms with Gasteiger partial charge >= 0.3 is 0 Å². The smallest absolute Gasteiger partial charge is 0.00106 e. The summed E-state index contributed by atoms with van der Waals surface area (Å²) in [7, 11) is 0. The maximum absolute atomic E-state index is 3.64. The van der Waals surface area contributed by atoms with Crippen molar-refractivity contribution in [3.05, 3.63) is 0 Å². The van der Waals surface area contributed by atoms with Crippen molar-refractivity contribution in [3.8, 4) is 0 Å². The summed E-state index contributed by atoms with van der Waals surface area (Å²) >= 11 is 0. The number of nitrogens with one attached hydrogen (secondary N) is 1. The van der Waals surface area contributed by atoms with Crippen molar-refractivity contribution in [1.82, 2.24) is 5.32 Å². The minimum atomic E-state index is 0.643. The Morgan fingerprint density at radius 1 is 1.20 bits per heavy atom. The molecule has 15 heavy (non-hydrogen) atoms. The van der Waals surface area contributed by atoms with Crippen LogP contribution in [0.3, 0.4) is 0 Å². The molecular weight excluding hydrogens is 182 g/mol. The highest BCUT2D eigenvalue weighted by atomic mass is 14.9. The SMILES string of the molecule is CCCC(C)CC1(CNC(C)C)CCC1. The maximum Gasteiger partial charge on any atom is 0.00106 e. The highest BCUT2D eigenvalue weighted by molar-refractivity contribution is 4.91. The molecule has 1 unspecified atom stereocenters. The van der Waals surface area contributed by atoms with Crippen molar-refractivity contribution in [3.63, 3.8) is 0 Å². The second kappa shape index (κ2) is 5.89. The lowest BCUT2D eigenvalue weighted by atomic mass is 9.64. The molecule has 0 saturated heterocycles. The summed E-state index contributed by atoms with van der Waals surface area (Å²) in [6.07, 6.45) is 8.57. The summed E-state index contributed by atoms with van der Waals surface area (Å²) in [5.74, 6) is 0.921. The van der Waals surface area contributed by atoms with Crippen LogP contribution in [0, 0.1) is 11.3 Å². The van der Waals surface area contributed by atoms with Gasteiger partial charge in [0, 0.05) is 12.6 Å². The van der Waals surface area contributed by atoms with Crippen LogP contribution < -0.4 is 5.32 Å². The van der Waals surface area contributed by atoms with Gasteiger partial charge in [0.2, 0.25) is 0 Å². The number of hydrogen-bond acceptors (Lipinski definition) is 1. The molecule has 1 fully saturated rings. The Labute approximate surface area is 96.0 Å². The lowest BCUT2D eigenvalue weighted by Crippen LogP contribution is -2.43. The van der Waals surface area contributed by atoms with Crippen LogP contribution >= 0.6 is 0 Å². The molecule has 0 spiro atoms. The molecule has 90 valence electrons. The molecule has 0 aliphatic heterocycles. The molecule has 0 amide bonds. The van der Waals surface area contributed by atoms with Crippen LogP contribution in [0.2, 0.25) is 0 Å². The second-order valence-corrected chi connectivity index (χ2v) is 5.99. The van der Waals surface area contributed by atoms with E-state index in [0.29, 0.717) is 11.5 Å². The van der Waals surface area contributed by atoms with Gasteiger partial charge in [0.05, 0.1) is 0 Å². The lowest BCUT2D eigenvalue weighted by Gasteiger charge is -2.44. The summed E-state index contributed by atoms with van der Waals surface area (Å²) in [4.78, 5) is 0. The van der Waals surface area contributed by atoms with E-state index in [1.807, 2.05) is 0 Å². The molecule has 0 aromatic carbocycles. The Morgan fingerprint density at radius 2 is 1.87 bits per heavy atom. The van der Waals surface area contributed by atoms with Crippen LogP contribution in [-0.2, 0) is 0 Å². The average Bonchev–Trinajstić information content (AvgIpc) is 2.09. The zero-order chi connectivity index (χ0) is 11.3. The van der Waals surface area contributed by atoms with E-state index in [9.17, 15) is 0 Å². The van der Waals surface area contributed by atoms with Crippen LogP contribution in [0.5, 0.6) is 0 Å². The Hall–Kier alpha value is -0.0400. The predicted octanol–water partition coefficient (Wildman–Crippen LogP) is 3.98. The number of rotatable bonds is 7. The third kappa shape index (κ3) is 4.14. The topological polar surface area (TPSA) is 12.0 Å². The third-order valence-electron chi connectivity index (χ3n) is 3.86. The molecule has 0 heterocycles. The molecule has 0 aromatic rings. The van der Waals surface area contributed by atoms with E-state index in [1.54, 1.807) is 0 Å². The summed E-state index contributed by atoms with van der Waals surface area (Å²) in [5, 5.41) is 3.64. The van der Waals surface area contributed by atoms with Crippen LogP contribution in [-0.4, -0.2) is 12.6 Å². The van der Waals surface area contributed by atoms with Gasteiger partial charge in [0.15, 0.2) is 0 Å². The Bertz CT molecular complexity index is 170. The Morgan fingerprint density at radius 3 is 2.27 bits per heavy atom. The van der Waals surface area contributed by atoms with Gasteiger partial charge in [-0.2, -0.15) is 0 Å². The molecule has 0 radical (unpaired) electrons. The van der Waals surface area contributed by atoms with Crippen molar-refractivity contribution in [2.45, 2.75) is 72.3 Å². The molecule has 1 N–H and O–H groups in total. The largest absolute Gasteiger partial charge is 0.314 e. The maximum atomic E-state index is 3.64. The Balaban J connectivity index is 2.32. The molecule has 0 aromatic heterocycles. The van der Waals surface area contributed by atoms with E-state index < -0.39 is 0 Å². The summed E-state index contributed by atoms with van der Waals surface area (Å²) in [5.41, 5.74) is 0.666. The monoisotopic (exact) mass is 211 g/mol. The van der Waals surface area contributed by atoms with Gasteiger partial charge in [0.1, 0.15) is 0 Å². The van der Waals surface area contributed by atoms with Crippen molar-refractivity contribution in [2.24, 2.45) is 11.3 Å². The summed E-state index contributed by atoms with van der Waals surface area (Å²) < 4.78 is 0. The van der Waals surface area contributed by atoms with Crippen LogP contribution in [0.15, 0.2) is 0 Å². The van der Waals surface area contributed by atoms with Crippen molar-refractivity contribution in [1.29, 1.82) is 0 Å².